The minimum Gasteiger partial charge on any atom is -0.488 e. The van der Waals surface area contributed by atoms with Crippen LogP contribution in [0.1, 0.15) is 12.5 Å². The smallest absolute Gasteiger partial charge is 0.186 e. The molecule has 72 valence electrons. The van der Waals surface area contributed by atoms with Gasteiger partial charge >= 0.3 is 0 Å². The van der Waals surface area contributed by atoms with E-state index in [0.29, 0.717) is 5.75 Å². The standard InChI is InChI=1S/C10H14O3/c1-2-8-4-3-5-9(6-8)13-7-10(11)12/h3-6,10-12H,2,7H2,1H3. The maximum atomic E-state index is 8.57. The molecule has 0 unspecified atom stereocenters. The molecule has 3 heteroatoms. The second-order valence-electron chi connectivity index (χ2n) is 2.79. The number of hydrogen-bond donors (Lipinski definition) is 2. The van der Waals surface area contributed by atoms with Gasteiger partial charge in [0.2, 0.25) is 0 Å². The number of aliphatic hydroxyl groups is 2. The van der Waals surface area contributed by atoms with Gasteiger partial charge in [-0.1, -0.05) is 19.1 Å². The van der Waals surface area contributed by atoms with Crippen molar-refractivity contribution < 1.29 is 14.9 Å². The van der Waals surface area contributed by atoms with Crippen LogP contribution in [0.25, 0.3) is 0 Å². The van der Waals surface area contributed by atoms with Crippen molar-refractivity contribution in [2.24, 2.45) is 0 Å². The Kier molecular flexibility index (Phi) is 3.73. The van der Waals surface area contributed by atoms with Gasteiger partial charge in [-0.25, -0.2) is 0 Å². The van der Waals surface area contributed by atoms with Crippen molar-refractivity contribution in [3.05, 3.63) is 29.8 Å². The predicted molar refractivity (Wildman–Crippen MR) is 49.5 cm³/mol. The van der Waals surface area contributed by atoms with Crippen molar-refractivity contribution in [1.29, 1.82) is 0 Å². The minimum absolute atomic E-state index is 0.0901. The van der Waals surface area contributed by atoms with Crippen molar-refractivity contribution in [2.45, 2.75) is 19.6 Å². The summed E-state index contributed by atoms with van der Waals surface area (Å²) in [4.78, 5) is 0. The number of hydrogen-bond acceptors (Lipinski definition) is 3. The lowest BCUT2D eigenvalue weighted by atomic mass is 10.2. The van der Waals surface area contributed by atoms with Gasteiger partial charge in [-0.2, -0.15) is 0 Å². The molecule has 0 heterocycles. The zero-order valence-electron chi connectivity index (χ0n) is 7.60. The highest BCUT2D eigenvalue weighted by atomic mass is 16.5. The van der Waals surface area contributed by atoms with E-state index in [9.17, 15) is 0 Å². The van der Waals surface area contributed by atoms with Gasteiger partial charge in [0.25, 0.3) is 0 Å². The quantitative estimate of drug-likeness (QED) is 0.681. The summed E-state index contributed by atoms with van der Waals surface area (Å²) in [5.41, 5.74) is 1.17. The van der Waals surface area contributed by atoms with E-state index in [1.165, 1.54) is 5.56 Å². The van der Waals surface area contributed by atoms with Crippen LogP contribution < -0.4 is 4.74 Å². The zero-order chi connectivity index (χ0) is 9.68. The van der Waals surface area contributed by atoms with Gasteiger partial charge in [0, 0.05) is 0 Å². The first kappa shape index (κ1) is 10.0. The molecule has 0 atom stereocenters. The Morgan fingerprint density at radius 1 is 1.38 bits per heavy atom. The third-order valence-electron chi connectivity index (χ3n) is 1.71. The van der Waals surface area contributed by atoms with Crippen LogP contribution in [0.2, 0.25) is 0 Å². The van der Waals surface area contributed by atoms with E-state index >= 15 is 0 Å². The van der Waals surface area contributed by atoms with E-state index in [1.54, 1.807) is 6.07 Å². The molecule has 0 aliphatic carbocycles. The molecule has 0 saturated heterocycles. The first-order valence-corrected chi connectivity index (χ1v) is 4.30. The highest BCUT2D eigenvalue weighted by Crippen LogP contribution is 2.13. The Labute approximate surface area is 77.6 Å². The predicted octanol–water partition coefficient (Wildman–Crippen LogP) is 0.938. The molecule has 2 N–H and O–H groups in total. The van der Waals surface area contributed by atoms with Crippen LogP contribution in [-0.2, 0) is 6.42 Å². The molecule has 0 aliphatic rings. The largest absolute Gasteiger partial charge is 0.488 e. The van der Waals surface area contributed by atoms with Gasteiger partial charge in [-0.05, 0) is 24.1 Å². The Morgan fingerprint density at radius 2 is 2.15 bits per heavy atom. The van der Waals surface area contributed by atoms with Gasteiger partial charge in [0.1, 0.15) is 12.4 Å². The van der Waals surface area contributed by atoms with E-state index in [-0.39, 0.29) is 6.61 Å². The molecule has 1 aromatic rings. The number of aliphatic hydroxyl groups excluding tert-OH is 1. The lowest BCUT2D eigenvalue weighted by Crippen LogP contribution is -2.15. The molecule has 13 heavy (non-hydrogen) atoms. The monoisotopic (exact) mass is 182 g/mol. The maximum absolute atomic E-state index is 8.57. The highest BCUT2D eigenvalue weighted by Gasteiger charge is 1.99. The lowest BCUT2D eigenvalue weighted by molar-refractivity contribution is -0.0680. The molecule has 0 amide bonds. The molecule has 0 aromatic heterocycles. The molecule has 0 spiro atoms. The molecule has 0 fully saturated rings. The summed E-state index contributed by atoms with van der Waals surface area (Å²) in [6, 6.07) is 7.57. The molecular weight excluding hydrogens is 168 g/mol. The van der Waals surface area contributed by atoms with Crippen LogP contribution in [0.5, 0.6) is 5.75 Å². The summed E-state index contributed by atoms with van der Waals surface area (Å²) in [6.45, 7) is 1.97. The summed E-state index contributed by atoms with van der Waals surface area (Å²) in [6.07, 6.45) is -0.468. The summed E-state index contributed by atoms with van der Waals surface area (Å²) < 4.78 is 5.11. The number of benzene rings is 1. The van der Waals surface area contributed by atoms with Crippen LogP contribution in [0, 0.1) is 0 Å². The summed E-state index contributed by atoms with van der Waals surface area (Å²) in [5.74, 6) is 0.674. The zero-order valence-corrected chi connectivity index (χ0v) is 7.60. The highest BCUT2D eigenvalue weighted by molar-refractivity contribution is 5.28. The summed E-state index contributed by atoms with van der Waals surface area (Å²) in [7, 11) is 0. The van der Waals surface area contributed by atoms with Crippen molar-refractivity contribution in [2.75, 3.05) is 6.61 Å². The average Bonchev–Trinajstić information content (AvgIpc) is 2.15. The maximum Gasteiger partial charge on any atom is 0.186 e. The van der Waals surface area contributed by atoms with Crippen molar-refractivity contribution in [3.8, 4) is 5.75 Å². The SMILES string of the molecule is CCc1cccc(OCC(O)O)c1. The normalized spacial score (nSPS) is 10.5. The minimum atomic E-state index is -1.41. The summed E-state index contributed by atoms with van der Waals surface area (Å²) >= 11 is 0. The molecule has 1 aromatic carbocycles. The molecule has 0 aliphatic heterocycles. The van der Waals surface area contributed by atoms with Gasteiger partial charge in [0.15, 0.2) is 6.29 Å². The van der Waals surface area contributed by atoms with E-state index in [1.807, 2.05) is 18.2 Å². The van der Waals surface area contributed by atoms with Crippen LogP contribution >= 0.6 is 0 Å². The second-order valence-corrected chi connectivity index (χ2v) is 2.79. The molecule has 0 radical (unpaired) electrons. The third-order valence-corrected chi connectivity index (χ3v) is 1.71. The van der Waals surface area contributed by atoms with E-state index < -0.39 is 6.29 Å². The van der Waals surface area contributed by atoms with E-state index in [2.05, 4.69) is 6.92 Å². The van der Waals surface area contributed by atoms with Crippen molar-refractivity contribution in [1.82, 2.24) is 0 Å². The lowest BCUT2D eigenvalue weighted by Gasteiger charge is -2.07. The fourth-order valence-corrected chi connectivity index (χ4v) is 1.03. The Balaban J connectivity index is 2.56. The van der Waals surface area contributed by atoms with Crippen LogP contribution in [-0.4, -0.2) is 23.1 Å². The number of rotatable bonds is 4. The Hall–Kier alpha value is -1.06. The molecule has 1 rings (SSSR count). The fourth-order valence-electron chi connectivity index (χ4n) is 1.03. The fraction of sp³-hybridized carbons (Fsp3) is 0.400. The van der Waals surface area contributed by atoms with Crippen LogP contribution in [0.15, 0.2) is 24.3 Å². The average molecular weight is 182 g/mol. The molecule has 3 nitrogen and oxygen atoms in total. The van der Waals surface area contributed by atoms with Gasteiger partial charge in [-0.3, -0.25) is 0 Å². The third kappa shape index (κ3) is 3.44. The first-order valence-electron chi connectivity index (χ1n) is 4.30. The molecule has 0 saturated carbocycles. The van der Waals surface area contributed by atoms with Crippen molar-refractivity contribution in [3.63, 3.8) is 0 Å². The second kappa shape index (κ2) is 4.84. The van der Waals surface area contributed by atoms with Crippen LogP contribution in [0.4, 0.5) is 0 Å². The van der Waals surface area contributed by atoms with Crippen LogP contribution in [0.3, 0.4) is 0 Å². The molecular formula is C10H14O3. The van der Waals surface area contributed by atoms with Gasteiger partial charge in [-0.15, -0.1) is 0 Å². The first-order chi connectivity index (χ1) is 6.22. The van der Waals surface area contributed by atoms with Gasteiger partial charge in [0.05, 0.1) is 0 Å². The van der Waals surface area contributed by atoms with E-state index in [4.69, 9.17) is 14.9 Å². The molecule has 0 bridgehead atoms. The Morgan fingerprint density at radius 3 is 2.77 bits per heavy atom. The number of aryl methyl sites for hydroxylation is 1. The Bertz CT molecular complexity index is 258. The van der Waals surface area contributed by atoms with E-state index in [0.717, 1.165) is 6.42 Å². The van der Waals surface area contributed by atoms with Gasteiger partial charge < -0.3 is 14.9 Å². The number of ether oxygens (including phenoxy) is 1. The summed E-state index contributed by atoms with van der Waals surface area (Å²) in [5, 5.41) is 17.1. The van der Waals surface area contributed by atoms with Crippen molar-refractivity contribution >= 4 is 0 Å². The topological polar surface area (TPSA) is 49.7 Å².